The van der Waals surface area contributed by atoms with Gasteiger partial charge in [0.25, 0.3) is 5.91 Å². The van der Waals surface area contributed by atoms with Gasteiger partial charge in [0.05, 0.1) is 24.7 Å². The van der Waals surface area contributed by atoms with Crippen molar-refractivity contribution in [2.24, 2.45) is 0 Å². The molecular formula is C29H28F7N5O6. The smallest absolute Gasteiger partial charge is 0.475 e. The molecule has 0 saturated carbocycles. The molecule has 1 aromatic heterocycles. The summed E-state index contributed by atoms with van der Waals surface area (Å²) in [4.78, 5) is 51.2. The van der Waals surface area contributed by atoms with Crippen molar-refractivity contribution in [3.63, 3.8) is 0 Å². The minimum atomic E-state index is -5.08. The molecule has 2 aromatic carbocycles. The number of fused-ring (bicyclic) bond motifs is 1. The minimum absolute atomic E-state index is 0.0176. The van der Waals surface area contributed by atoms with E-state index in [4.69, 9.17) is 19.8 Å². The summed E-state index contributed by atoms with van der Waals surface area (Å²) < 4.78 is 77.2. The number of carbonyl (C=O) groups excluding carboxylic acids is 2. The van der Waals surface area contributed by atoms with E-state index < -0.39 is 35.6 Å². The van der Waals surface area contributed by atoms with E-state index in [1.54, 1.807) is 6.20 Å². The molecule has 0 bridgehead atoms. The lowest BCUT2D eigenvalue weighted by molar-refractivity contribution is -0.193. The zero-order valence-corrected chi connectivity index (χ0v) is 24.2. The number of carbonyl (C=O) groups is 4. The van der Waals surface area contributed by atoms with E-state index in [9.17, 15) is 40.3 Å². The Kier molecular flexibility index (Phi) is 11.7. The lowest BCUT2D eigenvalue weighted by Crippen LogP contribution is -2.57. The third-order valence-corrected chi connectivity index (χ3v) is 7.23. The van der Waals surface area contributed by atoms with Crippen LogP contribution in [0.5, 0.6) is 0 Å². The molecule has 0 atom stereocenters. The van der Waals surface area contributed by atoms with Crippen LogP contribution < -0.4 is 15.5 Å². The number of piperidine rings is 1. The van der Waals surface area contributed by atoms with E-state index >= 15 is 0 Å². The van der Waals surface area contributed by atoms with Crippen LogP contribution in [-0.2, 0) is 14.4 Å². The lowest BCUT2D eigenvalue weighted by atomic mass is 9.85. The van der Waals surface area contributed by atoms with E-state index in [-0.39, 0.29) is 11.8 Å². The van der Waals surface area contributed by atoms with Crippen molar-refractivity contribution in [1.29, 1.82) is 0 Å². The Morgan fingerprint density at radius 3 is 2.02 bits per heavy atom. The summed E-state index contributed by atoms with van der Waals surface area (Å²) in [5.74, 6) is -6.04. The average Bonchev–Trinajstić information content (AvgIpc) is 3.32. The van der Waals surface area contributed by atoms with Crippen LogP contribution in [0.4, 0.5) is 36.4 Å². The molecule has 47 heavy (non-hydrogen) atoms. The number of anilines is 1. The Hall–Kier alpha value is -5.00. The molecule has 0 aliphatic carbocycles. The fraction of sp³-hybridized carbons (Fsp3) is 0.345. The Bertz CT molecular complexity index is 1570. The SMILES string of the molecule is O=C(NCCN1CCC2(CC1)C(=O)NCN2c1cncc(F)c1)c1ccc2ccccc2c1.O=C(O)C(F)(F)F.O=C(O)C(F)(F)F. The number of aromatic nitrogens is 1. The standard InChI is InChI=1S/C25H26FN5O2.2C2HF3O2/c26-21-14-22(16-27-15-21)31-17-29-24(33)25(31)7-10-30(11-8-25)12-9-28-23(32)20-6-5-18-3-1-2-4-19(18)13-20;2*3-2(4,5)1(6)7/h1-6,13-16H,7-12,17H2,(H,28,32)(H,29,33);2*(H,6,7). The number of likely N-dealkylation sites (tertiary alicyclic amines) is 1. The fourth-order valence-corrected chi connectivity index (χ4v) is 4.88. The Morgan fingerprint density at radius 1 is 0.894 bits per heavy atom. The second kappa shape index (κ2) is 15.1. The van der Waals surface area contributed by atoms with Crippen molar-refractivity contribution < 1.29 is 60.1 Å². The highest BCUT2D eigenvalue weighted by Crippen LogP contribution is 2.36. The second-order valence-corrected chi connectivity index (χ2v) is 10.3. The number of carboxylic acids is 2. The molecule has 5 rings (SSSR count). The fourth-order valence-electron chi connectivity index (χ4n) is 4.88. The number of pyridine rings is 1. The normalized spacial score (nSPS) is 16.0. The van der Waals surface area contributed by atoms with Gasteiger partial charge in [-0.05, 0) is 35.7 Å². The quantitative estimate of drug-likeness (QED) is 0.296. The van der Waals surface area contributed by atoms with Crippen molar-refractivity contribution in [1.82, 2.24) is 20.5 Å². The average molecular weight is 676 g/mol. The van der Waals surface area contributed by atoms with E-state index in [2.05, 4.69) is 20.5 Å². The third-order valence-electron chi connectivity index (χ3n) is 7.23. The summed E-state index contributed by atoms with van der Waals surface area (Å²) in [5, 5.41) is 22.3. The molecule has 254 valence electrons. The monoisotopic (exact) mass is 675 g/mol. The largest absolute Gasteiger partial charge is 0.490 e. The van der Waals surface area contributed by atoms with Crippen LogP contribution in [0.25, 0.3) is 10.8 Å². The van der Waals surface area contributed by atoms with Crippen molar-refractivity contribution in [2.75, 3.05) is 37.7 Å². The molecular weight excluding hydrogens is 647 g/mol. The summed E-state index contributed by atoms with van der Waals surface area (Å²) >= 11 is 0. The maximum absolute atomic E-state index is 13.7. The molecule has 1 spiro atoms. The molecule has 2 saturated heterocycles. The molecule has 0 radical (unpaired) electrons. The Balaban J connectivity index is 0.000000360. The zero-order valence-electron chi connectivity index (χ0n) is 24.2. The number of carboxylic acid groups (broad SMARTS) is 2. The summed E-state index contributed by atoms with van der Waals surface area (Å²) in [7, 11) is 0. The van der Waals surface area contributed by atoms with E-state index in [1.807, 2.05) is 47.4 Å². The maximum atomic E-state index is 13.7. The van der Waals surface area contributed by atoms with E-state index in [1.165, 1.54) is 6.07 Å². The summed E-state index contributed by atoms with van der Waals surface area (Å²) in [6, 6.07) is 15.1. The molecule has 18 heteroatoms. The van der Waals surface area contributed by atoms with Gasteiger partial charge in [-0.15, -0.1) is 0 Å². The highest BCUT2D eigenvalue weighted by molar-refractivity contribution is 5.98. The van der Waals surface area contributed by atoms with Crippen LogP contribution in [0.15, 0.2) is 60.9 Å². The number of alkyl halides is 6. The molecule has 3 heterocycles. The van der Waals surface area contributed by atoms with Crippen molar-refractivity contribution in [2.45, 2.75) is 30.7 Å². The van der Waals surface area contributed by atoms with Crippen LogP contribution in [0.1, 0.15) is 23.2 Å². The van der Waals surface area contributed by atoms with E-state index in [0.717, 1.165) is 30.1 Å². The molecule has 2 aliphatic heterocycles. The first kappa shape index (κ1) is 36.5. The number of halogens is 7. The van der Waals surface area contributed by atoms with Crippen molar-refractivity contribution >= 4 is 40.2 Å². The predicted molar refractivity (Wildman–Crippen MR) is 152 cm³/mol. The zero-order chi connectivity index (χ0) is 35.0. The molecule has 11 nitrogen and oxygen atoms in total. The van der Waals surface area contributed by atoms with Gasteiger partial charge in [0.15, 0.2) is 0 Å². The summed E-state index contributed by atoms with van der Waals surface area (Å²) in [5.41, 5.74) is 0.582. The predicted octanol–water partition coefficient (Wildman–Crippen LogP) is 3.80. The van der Waals surface area contributed by atoms with Crippen molar-refractivity contribution in [3.05, 3.63) is 72.3 Å². The molecule has 4 N–H and O–H groups in total. The van der Waals surface area contributed by atoms with Gasteiger partial charge in [0.2, 0.25) is 5.91 Å². The topological polar surface area (TPSA) is 152 Å². The number of aliphatic carboxylic acids is 2. The molecule has 3 aromatic rings. The second-order valence-electron chi connectivity index (χ2n) is 10.3. The van der Waals surface area contributed by atoms with Gasteiger partial charge in [0, 0.05) is 37.8 Å². The first-order chi connectivity index (χ1) is 21.9. The van der Waals surface area contributed by atoms with Gasteiger partial charge in [-0.1, -0.05) is 30.3 Å². The number of nitrogens with zero attached hydrogens (tertiary/aromatic N) is 3. The number of amides is 2. The van der Waals surface area contributed by atoms with E-state index in [0.29, 0.717) is 43.9 Å². The van der Waals surface area contributed by atoms with Gasteiger partial charge >= 0.3 is 24.3 Å². The molecule has 0 unspecified atom stereocenters. The van der Waals surface area contributed by atoms with Crippen LogP contribution in [-0.4, -0.2) is 94.6 Å². The maximum Gasteiger partial charge on any atom is 0.490 e. The highest BCUT2D eigenvalue weighted by atomic mass is 19.4. The first-order valence-electron chi connectivity index (χ1n) is 13.7. The van der Waals surface area contributed by atoms with Gasteiger partial charge in [-0.3, -0.25) is 14.6 Å². The molecule has 2 amide bonds. The number of hydrogen-bond donors (Lipinski definition) is 4. The minimum Gasteiger partial charge on any atom is -0.475 e. The van der Waals surface area contributed by atoms with Gasteiger partial charge < -0.3 is 30.6 Å². The van der Waals surface area contributed by atoms with Crippen LogP contribution in [0.2, 0.25) is 0 Å². The number of rotatable bonds is 5. The summed E-state index contributed by atoms with van der Waals surface area (Å²) in [6.45, 7) is 3.03. The van der Waals surface area contributed by atoms with Crippen molar-refractivity contribution in [3.8, 4) is 0 Å². The van der Waals surface area contributed by atoms with Crippen LogP contribution in [0.3, 0.4) is 0 Å². The number of benzene rings is 2. The van der Waals surface area contributed by atoms with Gasteiger partial charge in [-0.2, -0.15) is 26.3 Å². The molecule has 2 fully saturated rings. The number of nitrogens with one attached hydrogen (secondary N) is 2. The summed E-state index contributed by atoms with van der Waals surface area (Å²) in [6.07, 6.45) is -6.14. The lowest BCUT2D eigenvalue weighted by Gasteiger charge is -2.43. The third kappa shape index (κ3) is 9.74. The van der Waals surface area contributed by atoms with Crippen LogP contribution in [0, 0.1) is 5.82 Å². The molecule has 2 aliphatic rings. The van der Waals surface area contributed by atoms with Gasteiger partial charge in [-0.25, -0.2) is 14.0 Å². The van der Waals surface area contributed by atoms with Crippen LogP contribution >= 0.6 is 0 Å². The Labute approximate surface area is 262 Å². The number of hydrogen-bond acceptors (Lipinski definition) is 7. The Morgan fingerprint density at radius 2 is 1.47 bits per heavy atom. The first-order valence-corrected chi connectivity index (χ1v) is 13.7. The van der Waals surface area contributed by atoms with Gasteiger partial charge in [0.1, 0.15) is 11.4 Å². The highest BCUT2D eigenvalue weighted by Gasteiger charge is 2.50.